The molecule has 138 valence electrons. The maximum atomic E-state index is 13.5. The summed E-state index contributed by atoms with van der Waals surface area (Å²) < 4.78 is 1.78. The summed E-state index contributed by atoms with van der Waals surface area (Å²) in [5.41, 5.74) is 3.25. The largest absolute Gasteiger partial charge is 0.348 e. The third kappa shape index (κ3) is 3.05. The number of hydrogen-bond acceptors (Lipinski definition) is 3. The van der Waals surface area contributed by atoms with Gasteiger partial charge in [0.05, 0.1) is 12.2 Å². The fraction of sp³-hybridized carbons (Fsp3) is 0.524. The van der Waals surface area contributed by atoms with Crippen LogP contribution in [0.3, 0.4) is 0 Å². The number of hydrogen-bond donors (Lipinski definition) is 1. The van der Waals surface area contributed by atoms with Crippen LogP contribution < -0.4 is 5.32 Å². The molecule has 2 heterocycles. The Labute approximate surface area is 155 Å². The van der Waals surface area contributed by atoms with Gasteiger partial charge < -0.3 is 5.32 Å². The highest BCUT2D eigenvalue weighted by Gasteiger charge is 2.48. The molecule has 26 heavy (non-hydrogen) atoms. The van der Waals surface area contributed by atoms with Crippen LogP contribution in [0.2, 0.25) is 0 Å². The van der Waals surface area contributed by atoms with Crippen LogP contribution in [0.1, 0.15) is 48.9 Å². The Morgan fingerprint density at radius 1 is 1.15 bits per heavy atom. The molecule has 5 nitrogen and oxygen atoms in total. The molecule has 1 N–H and O–H groups in total. The SMILES string of the molecule is C[C@@H](NC(=O)C1(N2CCCCC2)Cc2ccccc2C1)c1cnn(C)c1. The van der Waals surface area contributed by atoms with Crippen molar-refractivity contribution in [2.75, 3.05) is 13.1 Å². The topological polar surface area (TPSA) is 50.2 Å². The van der Waals surface area contributed by atoms with Crippen LogP contribution in [0.25, 0.3) is 0 Å². The van der Waals surface area contributed by atoms with E-state index in [0.29, 0.717) is 0 Å². The van der Waals surface area contributed by atoms with Gasteiger partial charge in [-0.2, -0.15) is 5.10 Å². The molecule has 5 heteroatoms. The first-order chi connectivity index (χ1) is 12.6. The molecular formula is C21H28N4O. The smallest absolute Gasteiger partial charge is 0.241 e. The quantitative estimate of drug-likeness (QED) is 0.920. The average Bonchev–Trinajstić information content (AvgIpc) is 3.27. The number of rotatable bonds is 4. The minimum Gasteiger partial charge on any atom is -0.348 e. The van der Waals surface area contributed by atoms with Crippen LogP contribution in [-0.2, 0) is 24.7 Å². The summed E-state index contributed by atoms with van der Waals surface area (Å²) in [6, 6.07) is 8.49. The molecule has 1 aromatic carbocycles. The van der Waals surface area contributed by atoms with E-state index in [1.165, 1.54) is 30.4 Å². The first kappa shape index (κ1) is 17.3. The predicted molar refractivity (Wildman–Crippen MR) is 102 cm³/mol. The van der Waals surface area contributed by atoms with Gasteiger partial charge >= 0.3 is 0 Å². The summed E-state index contributed by atoms with van der Waals surface area (Å²) in [6.45, 7) is 4.08. The standard InChI is InChI=1S/C21H28N4O/c1-16(19-14-22-24(2)15-19)23-20(26)21(25-10-6-3-7-11-25)12-17-8-4-5-9-18(17)13-21/h4-5,8-9,14-16H,3,6-7,10-13H2,1-2H3,(H,23,26)/t16-/m1/s1. The number of nitrogens with one attached hydrogen (secondary N) is 1. The van der Waals surface area contributed by atoms with Crippen LogP contribution in [0.15, 0.2) is 36.7 Å². The molecule has 0 unspecified atom stereocenters. The van der Waals surface area contributed by atoms with Gasteiger partial charge in [-0.15, -0.1) is 0 Å². The molecule has 1 atom stereocenters. The van der Waals surface area contributed by atoms with Crippen molar-refractivity contribution in [2.24, 2.45) is 7.05 Å². The first-order valence-corrected chi connectivity index (χ1v) is 9.70. The lowest BCUT2D eigenvalue weighted by Gasteiger charge is -2.42. The Morgan fingerprint density at radius 2 is 1.81 bits per heavy atom. The minimum absolute atomic E-state index is 0.0402. The average molecular weight is 352 g/mol. The third-order valence-corrected chi connectivity index (χ3v) is 6.04. The van der Waals surface area contributed by atoms with Crippen molar-refractivity contribution in [3.8, 4) is 0 Å². The first-order valence-electron chi connectivity index (χ1n) is 9.70. The number of fused-ring (bicyclic) bond motifs is 1. The summed E-state index contributed by atoms with van der Waals surface area (Å²) in [7, 11) is 1.90. The molecule has 4 rings (SSSR count). The van der Waals surface area contributed by atoms with Gasteiger partial charge in [0.15, 0.2) is 0 Å². The molecule has 1 fully saturated rings. The molecule has 0 radical (unpaired) electrons. The lowest BCUT2D eigenvalue weighted by molar-refractivity contribution is -0.134. The van der Waals surface area contributed by atoms with E-state index in [2.05, 4.69) is 39.6 Å². The lowest BCUT2D eigenvalue weighted by atomic mass is 9.89. The Bertz CT molecular complexity index is 766. The van der Waals surface area contributed by atoms with Gasteiger partial charge in [0, 0.05) is 31.6 Å². The van der Waals surface area contributed by atoms with E-state index in [4.69, 9.17) is 0 Å². The maximum Gasteiger partial charge on any atom is 0.241 e. The van der Waals surface area contributed by atoms with E-state index in [1.807, 2.05) is 26.4 Å². The highest BCUT2D eigenvalue weighted by Crippen LogP contribution is 2.37. The van der Waals surface area contributed by atoms with Gasteiger partial charge in [0.1, 0.15) is 5.54 Å². The van der Waals surface area contributed by atoms with Gasteiger partial charge in [-0.1, -0.05) is 30.7 Å². The number of aryl methyl sites for hydroxylation is 1. The number of piperidine rings is 1. The van der Waals surface area contributed by atoms with E-state index in [1.54, 1.807) is 4.68 Å². The van der Waals surface area contributed by atoms with Crippen molar-refractivity contribution in [3.63, 3.8) is 0 Å². The van der Waals surface area contributed by atoms with Gasteiger partial charge in [0.25, 0.3) is 0 Å². The molecule has 2 aliphatic rings. The molecule has 1 aromatic heterocycles. The zero-order valence-corrected chi connectivity index (χ0v) is 15.7. The molecule has 2 aromatic rings. The number of carbonyl (C=O) groups excluding carboxylic acids is 1. The maximum absolute atomic E-state index is 13.5. The second kappa shape index (κ2) is 6.88. The number of benzene rings is 1. The van der Waals surface area contributed by atoms with Crippen LogP contribution in [0, 0.1) is 0 Å². The highest BCUT2D eigenvalue weighted by molar-refractivity contribution is 5.88. The zero-order chi connectivity index (χ0) is 18.1. The second-order valence-electron chi connectivity index (χ2n) is 7.84. The predicted octanol–water partition coefficient (Wildman–Crippen LogP) is 2.62. The van der Waals surface area contributed by atoms with Crippen molar-refractivity contribution < 1.29 is 4.79 Å². The number of carbonyl (C=O) groups is 1. The molecule has 1 amide bonds. The molecular weight excluding hydrogens is 324 g/mol. The summed E-state index contributed by atoms with van der Waals surface area (Å²) in [6.07, 6.45) is 9.08. The third-order valence-electron chi connectivity index (χ3n) is 6.04. The minimum atomic E-state index is -0.444. The summed E-state index contributed by atoms with van der Waals surface area (Å²) in [5, 5.41) is 7.53. The summed E-state index contributed by atoms with van der Waals surface area (Å²) in [5.74, 6) is 0.159. The Morgan fingerprint density at radius 3 is 2.38 bits per heavy atom. The number of aromatic nitrogens is 2. The van der Waals surface area contributed by atoms with Gasteiger partial charge in [0.2, 0.25) is 5.91 Å². The highest BCUT2D eigenvalue weighted by atomic mass is 16.2. The number of amides is 1. The molecule has 0 bridgehead atoms. The van der Waals surface area contributed by atoms with E-state index < -0.39 is 5.54 Å². The van der Waals surface area contributed by atoms with Gasteiger partial charge in [-0.3, -0.25) is 14.4 Å². The van der Waals surface area contributed by atoms with Crippen molar-refractivity contribution >= 4 is 5.91 Å². The van der Waals surface area contributed by atoms with E-state index in [9.17, 15) is 4.79 Å². The second-order valence-corrected chi connectivity index (χ2v) is 7.84. The molecule has 1 saturated heterocycles. The van der Waals surface area contributed by atoms with E-state index in [0.717, 1.165) is 31.5 Å². The van der Waals surface area contributed by atoms with Crippen LogP contribution in [-0.4, -0.2) is 39.2 Å². The monoisotopic (exact) mass is 352 g/mol. The van der Waals surface area contributed by atoms with E-state index >= 15 is 0 Å². The van der Waals surface area contributed by atoms with Crippen LogP contribution >= 0.6 is 0 Å². The Hall–Kier alpha value is -2.14. The van der Waals surface area contributed by atoms with E-state index in [-0.39, 0.29) is 11.9 Å². The Balaban J connectivity index is 1.60. The number of likely N-dealkylation sites (tertiary alicyclic amines) is 1. The van der Waals surface area contributed by atoms with Crippen LogP contribution in [0.4, 0.5) is 0 Å². The van der Waals surface area contributed by atoms with Crippen molar-refractivity contribution in [2.45, 2.75) is 50.6 Å². The zero-order valence-electron chi connectivity index (χ0n) is 15.7. The summed E-state index contributed by atoms with van der Waals surface area (Å²) >= 11 is 0. The van der Waals surface area contributed by atoms with Crippen molar-refractivity contribution in [1.82, 2.24) is 20.0 Å². The molecule has 1 aliphatic heterocycles. The molecule has 0 saturated carbocycles. The Kier molecular flexibility index (Phi) is 4.57. The van der Waals surface area contributed by atoms with Crippen molar-refractivity contribution in [1.29, 1.82) is 0 Å². The van der Waals surface area contributed by atoms with Crippen LogP contribution in [0.5, 0.6) is 0 Å². The van der Waals surface area contributed by atoms with Crippen molar-refractivity contribution in [3.05, 3.63) is 53.3 Å². The van der Waals surface area contributed by atoms with Gasteiger partial charge in [-0.25, -0.2) is 0 Å². The fourth-order valence-electron chi connectivity index (χ4n) is 4.52. The normalized spacial score (nSPS) is 20.5. The molecule has 1 aliphatic carbocycles. The summed E-state index contributed by atoms with van der Waals surface area (Å²) in [4.78, 5) is 16.0. The lowest BCUT2D eigenvalue weighted by Crippen LogP contribution is -2.61. The number of nitrogens with zero attached hydrogens (tertiary/aromatic N) is 3. The fourth-order valence-corrected chi connectivity index (χ4v) is 4.52. The van der Waals surface area contributed by atoms with Gasteiger partial charge in [-0.05, 0) is 44.0 Å². The molecule has 0 spiro atoms.